The Hall–Kier alpha value is -0.740. The molecule has 0 bridgehead atoms. The van der Waals surface area contributed by atoms with Crippen LogP contribution in [0.2, 0.25) is 0 Å². The molecule has 1 unspecified atom stereocenters. The summed E-state index contributed by atoms with van der Waals surface area (Å²) in [7, 11) is 0. The van der Waals surface area contributed by atoms with Gasteiger partial charge in [-0.1, -0.05) is 0 Å². The highest BCUT2D eigenvalue weighted by Crippen LogP contribution is 2.24. The molecule has 1 fully saturated rings. The number of thiazole rings is 1. The molecule has 0 N–H and O–H groups in total. The van der Waals surface area contributed by atoms with Gasteiger partial charge in [0.25, 0.3) is 0 Å². The van der Waals surface area contributed by atoms with Crippen LogP contribution in [0.5, 0.6) is 0 Å². The minimum absolute atomic E-state index is 0.298. The highest BCUT2D eigenvalue weighted by atomic mass is 32.1. The molecule has 0 aromatic carbocycles. The van der Waals surface area contributed by atoms with E-state index in [2.05, 4.69) is 16.8 Å². The predicted molar refractivity (Wildman–Crippen MR) is 51.7 cm³/mol. The summed E-state index contributed by atoms with van der Waals surface area (Å²) in [6.45, 7) is 3.60. The number of aromatic nitrogens is 1. The molecule has 3 nitrogen and oxygen atoms in total. The van der Waals surface area contributed by atoms with Crippen LogP contribution >= 0.6 is 11.3 Å². The zero-order valence-electron chi connectivity index (χ0n) is 7.56. The van der Waals surface area contributed by atoms with Crippen LogP contribution in [0, 0.1) is 0 Å². The number of Topliss-reactive ketones (excluding diaryl/α,β-unsaturated/α-hetero) is 1. The number of carbonyl (C=O) groups excluding carboxylic acids is 1. The van der Waals surface area contributed by atoms with Gasteiger partial charge in [0.15, 0.2) is 0 Å². The number of rotatable bonds is 2. The molecule has 4 heteroatoms. The Bertz CT molecular complexity index is 297. The van der Waals surface area contributed by atoms with Crippen LogP contribution < -0.4 is 0 Å². The number of hydrogen-bond acceptors (Lipinski definition) is 4. The number of ketones is 1. The molecule has 1 aliphatic heterocycles. The number of nitrogens with zero attached hydrogens (tertiary/aromatic N) is 2. The molecule has 2 rings (SSSR count). The quantitative estimate of drug-likeness (QED) is 0.718. The zero-order chi connectivity index (χ0) is 9.26. The third-order valence-electron chi connectivity index (χ3n) is 2.41. The summed E-state index contributed by atoms with van der Waals surface area (Å²) in [6.07, 6.45) is 2.52. The zero-order valence-corrected chi connectivity index (χ0v) is 8.38. The van der Waals surface area contributed by atoms with Crippen LogP contribution in [0.25, 0.3) is 0 Å². The van der Waals surface area contributed by atoms with Gasteiger partial charge < -0.3 is 0 Å². The SMILES string of the molecule is CC(c1nccs1)N1CCC(=O)C1. The minimum atomic E-state index is 0.298. The van der Waals surface area contributed by atoms with Crippen LogP contribution in [0.4, 0.5) is 0 Å². The van der Waals surface area contributed by atoms with Crippen molar-refractivity contribution in [2.24, 2.45) is 0 Å². The Balaban J connectivity index is 2.05. The van der Waals surface area contributed by atoms with E-state index >= 15 is 0 Å². The van der Waals surface area contributed by atoms with E-state index in [4.69, 9.17) is 0 Å². The normalized spacial score (nSPS) is 20.8. The maximum absolute atomic E-state index is 11.1. The fourth-order valence-corrected chi connectivity index (χ4v) is 2.31. The molecule has 0 amide bonds. The number of hydrogen-bond donors (Lipinski definition) is 0. The topological polar surface area (TPSA) is 33.2 Å². The van der Waals surface area contributed by atoms with E-state index in [1.54, 1.807) is 11.3 Å². The highest BCUT2D eigenvalue weighted by molar-refractivity contribution is 7.09. The lowest BCUT2D eigenvalue weighted by atomic mass is 10.3. The Morgan fingerprint density at radius 3 is 3.08 bits per heavy atom. The van der Waals surface area contributed by atoms with Gasteiger partial charge in [0, 0.05) is 24.5 Å². The van der Waals surface area contributed by atoms with Crippen LogP contribution in [-0.2, 0) is 4.79 Å². The summed E-state index contributed by atoms with van der Waals surface area (Å²) in [6, 6.07) is 0.298. The lowest BCUT2D eigenvalue weighted by Crippen LogP contribution is -2.24. The third-order valence-corrected chi connectivity index (χ3v) is 3.36. The van der Waals surface area contributed by atoms with E-state index in [0.717, 1.165) is 11.6 Å². The monoisotopic (exact) mass is 196 g/mol. The van der Waals surface area contributed by atoms with Crippen LogP contribution in [0.3, 0.4) is 0 Å². The van der Waals surface area contributed by atoms with Gasteiger partial charge in [-0.05, 0) is 6.92 Å². The predicted octanol–water partition coefficient (Wildman–Crippen LogP) is 1.48. The maximum Gasteiger partial charge on any atom is 0.148 e. The Labute approximate surface area is 81.4 Å². The lowest BCUT2D eigenvalue weighted by molar-refractivity contribution is -0.117. The van der Waals surface area contributed by atoms with Crippen molar-refractivity contribution in [2.75, 3.05) is 13.1 Å². The van der Waals surface area contributed by atoms with Crippen molar-refractivity contribution >= 4 is 17.1 Å². The van der Waals surface area contributed by atoms with E-state index < -0.39 is 0 Å². The van der Waals surface area contributed by atoms with E-state index in [0.29, 0.717) is 24.8 Å². The standard InChI is InChI=1S/C9H12N2OS/c1-7(9-10-3-5-13-9)11-4-2-8(12)6-11/h3,5,7H,2,4,6H2,1H3. The largest absolute Gasteiger partial charge is 0.298 e. The number of carbonyl (C=O) groups is 1. The van der Waals surface area contributed by atoms with Gasteiger partial charge in [0.05, 0.1) is 12.6 Å². The van der Waals surface area contributed by atoms with E-state index in [1.807, 2.05) is 11.6 Å². The number of likely N-dealkylation sites (tertiary alicyclic amines) is 1. The van der Waals surface area contributed by atoms with Crippen LogP contribution in [-0.4, -0.2) is 28.8 Å². The second-order valence-electron chi connectivity index (χ2n) is 3.31. The smallest absolute Gasteiger partial charge is 0.148 e. The van der Waals surface area contributed by atoms with Crippen LogP contribution in [0.15, 0.2) is 11.6 Å². The van der Waals surface area contributed by atoms with E-state index in [-0.39, 0.29) is 0 Å². The summed E-state index contributed by atoms with van der Waals surface area (Å²) in [5.74, 6) is 0.350. The minimum Gasteiger partial charge on any atom is -0.298 e. The summed E-state index contributed by atoms with van der Waals surface area (Å²) >= 11 is 1.66. The molecule has 1 atom stereocenters. The van der Waals surface area contributed by atoms with E-state index in [1.165, 1.54) is 0 Å². The van der Waals surface area contributed by atoms with Crippen molar-refractivity contribution in [3.05, 3.63) is 16.6 Å². The third kappa shape index (κ3) is 1.78. The molecule has 0 spiro atoms. The molecule has 1 aromatic rings. The summed E-state index contributed by atoms with van der Waals surface area (Å²) in [5.41, 5.74) is 0. The van der Waals surface area contributed by atoms with Gasteiger partial charge >= 0.3 is 0 Å². The second-order valence-corrected chi connectivity index (χ2v) is 4.23. The molecule has 0 radical (unpaired) electrons. The molecular weight excluding hydrogens is 184 g/mol. The highest BCUT2D eigenvalue weighted by Gasteiger charge is 2.25. The van der Waals surface area contributed by atoms with Crippen molar-refractivity contribution in [3.8, 4) is 0 Å². The molecule has 13 heavy (non-hydrogen) atoms. The van der Waals surface area contributed by atoms with Gasteiger partial charge in [-0.25, -0.2) is 4.98 Å². The average molecular weight is 196 g/mol. The summed E-state index contributed by atoms with van der Waals surface area (Å²) in [5, 5.41) is 3.08. The first-order valence-corrected chi connectivity index (χ1v) is 5.30. The molecule has 0 aliphatic carbocycles. The molecular formula is C9H12N2OS. The summed E-state index contributed by atoms with van der Waals surface area (Å²) < 4.78 is 0. The van der Waals surface area contributed by atoms with Crippen molar-refractivity contribution in [2.45, 2.75) is 19.4 Å². The van der Waals surface area contributed by atoms with Gasteiger partial charge in [0.2, 0.25) is 0 Å². The molecule has 1 saturated heterocycles. The van der Waals surface area contributed by atoms with Crippen LogP contribution in [0.1, 0.15) is 24.4 Å². The van der Waals surface area contributed by atoms with Gasteiger partial charge in [-0.15, -0.1) is 11.3 Å². The van der Waals surface area contributed by atoms with Gasteiger partial charge in [0.1, 0.15) is 10.8 Å². The first-order chi connectivity index (χ1) is 6.27. The van der Waals surface area contributed by atoms with Crippen molar-refractivity contribution in [3.63, 3.8) is 0 Å². The van der Waals surface area contributed by atoms with Crippen molar-refractivity contribution in [1.82, 2.24) is 9.88 Å². The van der Waals surface area contributed by atoms with E-state index in [9.17, 15) is 4.79 Å². The second kappa shape index (κ2) is 3.55. The molecule has 2 heterocycles. The van der Waals surface area contributed by atoms with Crippen molar-refractivity contribution in [1.29, 1.82) is 0 Å². The molecule has 1 aliphatic rings. The summed E-state index contributed by atoms with van der Waals surface area (Å²) in [4.78, 5) is 17.5. The van der Waals surface area contributed by atoms with Gasteiger partial charge in [-0.3, -0.25) is 9.69 Å². The first kappa shape index (κ1) is 8.84. The Morgan fingerprint density at radius 2 is 2.54 bits per heavy atom. The Kier molecular flexibility index (Phi) is 2.42. The molecule has 0 saturated carbocycles. The van der Waals surface area contributed by atoms with Crippen molar-refractivity contribution < 1.29 is 4.79 Å². The lowest BCUT2D eigenvalue weighted by Gasteiger charge is -2.20. The molecule has 1 aromatic heterocycles. The fourth-order valence-electron chi connectivity index (χ4n) is 1.58. The first-order valence-electron chi connectivity index (χ1n) is 4.42. The average Bonchev–Trinajstić information content (AvgIpc) is 2.72. The molecule has 70 valence electrons. The fraction of sp³-hybridized carbons (Fsp3) is 0.556. The maximum atomic E-state index is 11.1. The Morgan fingerprint density at radius 1 is 1.69 bits per heavy atom. The van der Waals surface area contributed by atoms with Gasteiger partial charge in [-0.2, -0.15) is 0 Å².